The molecule has 0 amide bonds. The van der Waals surface area contributed by atoms with E-state index in [1.165, 1.54) is 13.0 Å². The lowest BCUT2D eigenvalue weighted by atomic mass is 10.2. The topological polar surface area (TPSA) is 21.7 Å². The SMILES string of the molecule is C1=CCN(CCC2COc3ccccc3O2)CC1. The van der Waals surface area contributed by atoms with E-state index in [-0.39, 0.29) is 6.10 Å². The molecule has 0 aromatic heterocycles. The van der Waals surface area contributed by atoms with Gasteiger partial charge in [0, 0.05) is 26.1 Å². The van der Waals surface area contributed by atoms with Gasteiger partial charge in [-0.1, -0.05) is 24.3 Å². The Morgan fingerprint density at radius 2 is 2.06 bits per heavy atom. The molecule has 1 atom stereocenters. The fourth-order valence-corrected chi connectivity index (χ4v) is 2.42. The Hall–Kier alpha value is -1.48. The first-order valence-electron chi connectivity index (χ1n) is 6.67. The fourth-order valence-electron chi connectivity index (χ4n) is 2.42. The van der Waals surface area contributed by atoms with E-state index in [1.54, 1.807) is 0 Å². The monoisotopic (exact) mass is 245 g/mol. The maximum atomic E-state index is 5.95. The van der Waals surface area contributed by atoms with Crippen molar-refractivity contribution in [2.45, 2.75) is 18.9 Å². The summed E-state index contributed by atoms with van der Waals surface area (Å²) in [5.41, 5.74) is 0. The third-order valence-electron chi connectivity index (χ3n) is 3.48. The van der Waals surface area contributed by atoms with Crippen LogP contribution in [0.5, 0.6) is 11.5 Å². The Labute approximate surface area is 108 Å². The summed E-state index contributed by atoms with van der Waals surface area (Å²) in [6.45, 7) is 3.99. The van der Waals surface area contributed by atoms with Crippen LogP contribution in [0.4, 0.5) is 0 Å². The normalized spacial score (nSPS) is 23.0. The maximum Gasteiger partial charge on any atom is 0.161 e. The molecule has 0 saturated carbocycles. The van der Waals surface area contributed by atoms with Gasteiger partial charge >= 0.3 is 0 Å². The van der Waals surface area contributed by atoms with Crippen molar-refractivity contribution in [3.63, 3.8) is 0 Å². The maximum absolute atomic E-state index is 5.95. The van der Waals surface area contributed by atoms with Gasteiger partial charge in [0.25, 0.3) is 0 Å². The molecule has 18 heavy (non-hydrogen) atoms. The Morgan fingerprint density at radius 3 is 2.89 bits per heavy atom. The average Bonchev–Trinajstić information content (AvgIpc) is 2.46. The molecule has 1 unspecified atom stereocenters. The first-order chi connectivity index (χ1) is 8.92. The highest BCUT2D eigenvalue weighted by molar-refractivity contribution is 5.40. The molecule has 1 aromatic carbocycles. The van der Waals surface area contributed by atoms with Crippen molar-refractivity contribution >= 4 is 0 Å². The summed E-state index contributed by atoms with van der Waals surface area (Å²) in [5, 5.41) is 0. The Kier molecular flexibility index (Phi) is 3.51. The van der Waals surface area contributed by atoms with Crippen LogP contribution >= 0.6 is 0 Å². The van der Waals surface area contributed by atoms with Crippen LogP contribution in [0.2, 0.25) is 0 Å². The number of hydrogen-bond donors (Lipinski definition) is 0. The molecule has 0 fully saturated rings. The molecule has 3 heteroatoms. The molecule has 0 bridgehead atoms. The number of hydrogen-bond acceptors (Lipinski definition) is 3. The average molecular weight is 245 g/mol. The van der Waals surface area contributed by atoms with E-state index in [0.717, 1.165) is 31.0 Å². The fraction of sp³-hybridized carbons (Fsp3) is 0.467. The van der Waals surface area contributed by atoms with E-state index >= 15 is 0 Å². The zero-order chi connectivity index (χ0) is 12.2. The Bertz CT molecular complexity index is 430. The minimum absolute atomic E-state index is 0.186. The van der Waals surface area contributed by atoms with Gasteiger partial charge in [0.1, 0.15) is 12.7 Å². The van der Waals surface area contributed by atoms with Crippen LogP contribution in [0.15, 0.2) is 36.4 Å². The minimum atomic E-state index is 0.186. The van der Waals surface area contributed by atoms with Crippen LogP contribution in [0, 0.1) is 0 Å². The summed E-state index contributed by atoms with van der Waals surface area (Å²) in [5.74, 6) is 1.75. The third kappa shape index (κ3) is 2.67. The predicted octanol–water partition coefficient (Wildman–Crippen LogP) is 2.48. The van der Waals surface area contributed by atoms with Gasteiger partial charge in [0.15, 0.2) is 11.5 Å². The van der Waals surface area contributed by atoms with Gasteiger partial charge < -0.3 is 9.47 Å². The molecule has 3 rings (SSSR count). The molecule has 0 saturated heterocycles. The van der Waals surface area contributed by atoms with Crippen molar-refractivity contribution in [1.82, 2.24) is 4.90 Å². The highest BCUT2D eigenvalue weighted by Gasteiger charge is 2.21. The number of rotatable bonds is 3. The van der Waals surface area contributed by atoms with E-state index in [9.17, 15) is 0 Å². The van der Waals surface area contributed by atoms with E-state index in [1.807, 2.05) is 24.3 Å². The number of ether oxygens (including phenoxy) is 2. The summed E-state index contributed by atoms with van der Waals surface area (Å²) >= 11 is 0. The van der Waals surface area contributed by atoms with Crippen LogP contribution < -0.4 is 9.47 Å². The lowest BCUT2D eigenvalue weighted by molar-refractivity contribution is 0.0760. The zero-order valence-electron chi connectivity index (χ0n) is 10.5. The lowest BCUT2D eigenvalue weighted by Gasteiger charge is -2.29. The van der Waals surface area contributed by atoms with Gasteiger partial charge in [0.05, 0.1) is 0 Å². The second-order valence-corrected chi connectivity index (χ2v) is 4.85. The van der Waals surface area contributed by atoms with E-state index in [2.05, 4.69) is 17.1 Å². The lowest BCUT2D eigenvalue weighted by Crippen LogP contribution is -2.35. The molecule has 0 spiro atoms. The molecule has 96 valence electrons. The van der Waals surface area contributed by atoms with E-state index < -0.39 is 0 Å². The molecule has 3 nitrogen and oxygen atoms in total. The zero-order valence-corrected chi connectivity index (χ0v) is 10.5. The second-order valence-electron chi connectivity index (χ2n) is 4.85. The minimum Gasteiger partial charge on any atom is -0.486 e. The number of para-hydroxylation sites is 2. The molecular formula is C15H19NO2. The van der Waals surface area contributed by atoms with Crippen LogP contribution in [-0.2, 0) is 0 Å². The van der Waals surface area contributed by atoms with Crippen LogP contribution in [0.25, 0.3) is 0 Å². The van der Waals surface area contributed by atoms with Crippen molar-refractivity contribution in [1.29, 1.82) is 0 Å². The van der Waals surface area contributed by atoms with E-state index in [4.69, 9.17) is 9.47 Å². The van der Waals surface area contributed by atoms with Crippen LogP contribution in [0.3, 0.4) is 0 Å². The largest absolute Gasteiger partial charge is 0.486 e. The summed E-state index contributed by atoms with van der Waals surface area (Å²) in [6, 6.07) is 7.90. The molecule has 2 heterocycles. The van der Waals surface area contributed by atoms with Crippen LogP contribution in [-0.4, -0.2) is 37.2 Å². The smallest absolute Gasteiger partial charge is 0.161 e. The molecule has 0 radical (unpaired) electrons. The van der Waals surface area contributed by atoms with E-state index in [0.29, 0.717) is 6.61 Å². The van der Waals surface area contributed by atoms with Crippen molar-refractivity contribution in [3.8, 4) is 11.5 Å². The van der Waals surface area contributed by atoms with Crippen molar-refractivity contribution in [3.05, 3.63) is 36.4 Å². The molecule has 0 aliphatic carbocycles. The second kappa shape index (κ2) is 5.44. The van der Waals surface area contributed by atoms with Crippen LogP contribution in [0.1, 0.15) is 12.8 Å². The van der Waals surface area contributed by atoms with Gasteiger partial charge in [0.2, 0.25) is 0 Å². The van der Waals surface area contributed by atoms with Crippen molar-refractivity contribution < 1.29 is 9.47 Å². The highest BCUT2D eigenvalue weighted by Crippen LogP contribution is 2.31. The van der Waals surface area contributed by atoms with Crippen molar-refractivity contribution in [2.24, 2.45) is 0 Å². The molecule has 0 N–H and O–H groups in total. The highest BCUT2D eigenvalue weighted by atomic mass is 16.6. The summed E-state index contributed by atoms with van der Waals surface area (Å²) in [7, 11) is 0. The first-order valence-corrected chi connectivity index (χ1v) is 6.67. The molecule has 1 aromatic rings. The molecule has 2 aliphatic rings. The Morgan fingerprint density at radius 1 is 1.17 bits per heavy atom. The van der Waals surface area contributed by atoms with Crippen molar-refractivity contribution in [2.75, 3.05) is 26.2 Å². The van der Waals surface area contributed by atoms with Gasteiger partial charge in [-0.25, -0.2) is 0 Å². The number of fused-ring (bicyclic) bond motifs is 1. The first kappa shape index (κ1) is 11.6. The Balaban J connectivity index is 1.52. The standard InChI is InChI=1S/C15H19NO2/c1-4-9-16(10-5-1)11-8-13-12-17-14-6-2-3-7-15(14)18-13/h1-4,6-7,13H,5,8-12H2. The van der Waals surface area contributed by atoms with Gasteiger partial charge in [-0.05, 0) is 18.6 Å². The summed E-state index contributed by atoms with van der Waals surface area (Å²) in [4.78, 5) is 2.46. The number of benzene rings is 1. The van der Waals surface area contributed by atoms with Gasteiger partial charge in [-0.15, -0.1) is 0 Å². The molecular weight excluding hydrogens is 226 g/mol. The number of nitrogens with zero attached hydrogens (tertiary/aromatic N) is 1. The third-order valence-corrected chi connectivity index (χ3v) is 3.48. The predicted molar refractivity (Wildman–Crippen MR) is 71.2 cm³/mol. The quantitative estimate of drug-likeness (QED) is 0.764. The summed E-state index contributed by atoms with van der Waals surface area (Å²) < 4.78 is 11.7. The van der Waals surface area contributed by atoms with Gasteiger partial charge in [-0.3, -0.25) is 4.90 Å². The van der Waals surface area contributed by atoms with Gasteiger partial charge in [-0.2, -0.15) is 0 Å². The summed E-state index contributed by atoms with van der Waals surface area (Å²) in [6.07, 6.45) is 6.89. The molecule has 2 aliphatic heterocycles.